The molecule has 1 amide bonds. The first-order valence-corrected chi connectivity index (χ1v) is 8.40. The fourth-order valence-electron chi connectivity index (χ4n) is 3.21. The predicted molar refractivity (Wildman–Crippen MR) is 88.7 cm³/mol. The maximum Gasteiger partial charge on any atom is 0.226 e. The van der Waals surface area contributed by atoms with E-state index in [-0.39, 0.29) is 11.9 Å². The second-order valence-corrected chi connectivity index (χ2v) is 6.11. The van der Waals surface area contributed by atoms with Gasteiger partial charge in [0.25, 0.3) is 0 Å². The topological polar surface area (TPSA) is 68.5 Å². The Labute approximate surface area is 141 Å². The summed E-state index contributed by atoms with van der Waals surface area (Å²) in [5, 5.41) is 3.77. The number of rotatable bonds is 6. The van der Waals surface area contributed by atoms with Crippen molar-refractivity contribution in [3.05, 3.63) is 41.5 Å². The van der Waals surface area contributed by atoms with Crippen LogP contribution in [0.4, 0.5) is 0 Å². The van der Waals surface area contributed by atoms with E-state index in [9.17, 15) is 4.79 Å². The molecule has 0 bridgehead atoms. The molecule has 0 aliphatic carbocycles. The Kier molecular flexibility index (Phi) is 5.13. The van der Waals surface area contributed by atoms with Gasteiger partial charge in [-0.25, -0.2) is 0 Å². The normalized spacial score (nSPS) is 17.2. The van der Waals surface area contributed by atoms with E-state index in [0.717, 1.165) is 31.6 Å². The van der Waals surface area contributed by atoms with Gasteiger partial charge in [0.05, 0.1) is 13.2 Å². The Hall–Kier alpha value is -2.37. The molecule has 1 aliphatic heterocycles. The van der Waals surface area contributed by atoms with Crippen LogP contribution >= 0.6 is 0 Å². The van der Waals surface area contributed by atoms with Gasteiger partial charge in [0.1, 0.15) is 5.75 Å². The predicted octanol–water partition coefficient (Wildman–Crippen LogP) is 3.07. The summed E-state index contributed by atoms with van der Waals surface area (Å²) >= 11 is 0. The SMILES string of the molecule is COc1ccc([C@@H]2CCCN2C(=O)CCCc2nc(C)no2)cc1. The molecule has 1 aliphatic rings. The third-order valence-electron chi connectivity index (χ3n) is 4.42. The number of carbonyl (C=O) groups is 1. The van der Waals surface area contributed by atoms with E-state index < -0.39 is 0 Å². The Balaban J connectivity index is 1.56. The van der Waals surface area contributed by atoms with Crippen LogP contribution in [0.25, 0.3) is 0 Å². The molecular weight excluding hydrogens is 306 g/mol. The standard InChI is InChI=1S/C18H23N3O3/c1-13-19-17(24-20-13)6-3-7-18(22)21-12-4-5-16(21)14-8-10-15(23-2)11-9-14/h8-11,16H,3-7,12H2,1-2H3/t16-/m0/s1. The minimum Gasteiger partial charge on any atom is -0.497 e. The largest absolute Gasteiger partial charge is 0.497 e. The van der Waals surface area contributed by atoms with Crippen LogP contribution in [0.5, 0.6) is 5.75 Å². The fraction of sp³-hybridized carbons (Fsp3) is 0.500. The van der Waals surface area contributed by atoms with E-state index in [4.69, 9.17) is 9.26 Å². The summed E-state index contributed by atoms with van der Waals surface area (Å²) in [6.45, 7) is 2.62. The van der Waals surface area contributed by atoms with Crippen LogP contribution in [0.3, 0.4) is 0 Å². The molecule has 6 nitrogen and oxygen atoms in total. The van der Waals surface area contributed by atoms with Crippen LogP contribution in [0, 0.1) is 6.92 Å². The zero-order valence-electron chi connectivity index (χ0n) is 14.2. The van der Waals surface area contributed by atoms with E-state index >= 15 is 0 Å². The molecule has 3 rings (SSSR count). The number of aryl methyl sites for hydroxylation is 2. The summed E-state index contributed by atoms with van der Waals surface area (Å²) in [6.07, 6.45) is 3.94. The van der Waals surface area contributed by atoms with Crippen molar-refractivity contribution in [1.82, 2.24) is 15.0 Å². The number of hydrogen-bond donors (Lipinski definition) is 0. The Morgan fingerprint density at radius 3 is 2.83 bits per heavy atom. The van der Waals surface area contributed by atoms with E-state index in [0.29, 0.717) is 24.6 Å². The molecule has 1 aromatic heterocycles. The molecule has 0 spiro atoms. The number of hydrogen-bond acceptors (Lipinski definition) is 5. The number of nitrogens with zero attached hydrogens (tertiary/aromatic N) is 3. The van der Waals surface area contributed by atoms with Crippen molar-refractivity contribution >= 4 is 5.91 Å². The molecule has 0 saturated carbocycles. The van der Waals surface area contributed by atoms with Gasteiger partial charge >= 0.3 is 0 Å². The maximum atomic E-state index is 12.6. The van der Waals surface area contributed by atoms with Gasteiger partial charge in [0.15, 0.2) is 5.82 Å². The van der Waals surface area contributed by atoms with Crippen molar-refractivity contribution < 1.29 is 14.1 Å². The summed E-state index contributed by atoms with van der Waals surface area (Å²) in [4.78, 5) is 18.8. The first-order valence-electron chi connectivity index (χ1n) is 8.40. The lowest BCUT2D eigenvalue weighted by molar-refractivity contribution is -0.132. The van der Waals surface area contributed by atoms with Crippen molar-refractivity contribution in [1.29, 1.82) is 0 Å². The third-order valence-corrected chi connectivity index (χ3v) is 4.42. The molecule has 0 unspecified atom stereocenters. The first kappa shape index (κ1) is 16.5. The third kappa shape index (κ3) is 3.75. The Morgan fingerprint density at radius 1 is 1.38 bits per heavy atom. The lowest BCUT2D eigenvalue weighted by Crippen LogP contribution is -2.30. The van der Waals surface area contributed by atoms with Gasteiger partial charge in [-0.15, -0.1) is 0 Å². The summed E-state index contributed by atoms with van der Waals surface area (Å²) in [5.74, 6) is 2.28. The van der Waals surface area contributed by atoms with Gasteiger partial charge in [0.2, 0.25) is 11.8 Å². The lowest BCUT2D eigenvalue weighted by atomic mass is 10.0. The summed E-state index contributed by atoms with van der Waals surface area (Å²) in [5.41, 5.74) is 1.18. The molecule has 2 heterocycles. The monoisotopic (exact) mass is 329 g/mol. The molecule has 1 fully saturated rings. The second kappa shape index (κ2) is 7.47. The molecule has 1 saturated heterocycles. The van der Waals surface area contributed by atoms with Crippen molar-refractivity contribution in [2.75, 3.05) is 13.7 Å². The van der Waals surface area contributed by atoms with Crippen LogP contribution < -0.4 is 4.74 Å². The van der Waals surface area contributed by atoms with Gasteiger partial charge in [-0.3, -0.25) is 4.79 Å². The van der Waals surface area contributed by atoms with Gasteiger partial charge in [-0.1, -0.05) is 17.3 Å². The molecule has 0 radical (unpaired) electrons. The van der Waals surface area contributed by atoms with E-state index in [2.05, 4.69) is 22.3 Å². The lowest BCUT2D eigenvalue weighted by Gasteiger charge is -2.25. The highest BCUT2D eigenvalue weighted by molar-refractivity contribution is 5.77. The van der Waals surface area contributed by atoms with E-state index in [1.165, 1.54) is 5.56 Å². The molecule has 24 heavy (non-hydrogen) atoms. The highest BCUT2D eigenvalue weighted by Gasteiger charge is 2.29. The summed E-state index contributed by atoms with van der Waals surface area (Å²) in [7, 11) is 1.66. The second-order valence-electron chi connectivity index (χ2n) is 6.11. The summed E-state index contributed by atoms with van der Waals surface area (Å²) < 4.78 is 10.3. The van der Waals surface area contributed by atoms with Crippen LogP contribution in [-0.2, 0) is 11.2 Å². The van der Waals surface area contributed by atoms with Crippen molar-refractivity contribution in [3.8, 4) is 5.75 Å². The maximum absolute atomic E-state index is 12.6. The molecule has 128 valence electrons. The van der Waals surface area contributed by atoms with Gasteiger partial charge in [-0.05, 0) is 43.9 Å². The van der Waals surface area contributed by atoms with Crippen molar-refractivity contribution in [3.63, 3.8) is 0 Å². The number of carbonyl (C=O) groups excluding carboxylic acids is 1. The number of ether oxygens (including phenoxy) is 1. The minimum atomic E-state index is 0.175. The molecule has 6 heteroatoms. The van der Waals surface area contributed by atoms with Gasteiger partial charge < -0.3 is 14.2 Å². The average Bonchev–Trinajstić information content (AvgIpc) is 3.24. The Morgan fingerprint density at radius 2 is 2.17 bits per heavy atom. The van der Waals surface area contributed by atoms with Crippen molar-refractivity contribution in [2.24, 2.45) is 0 Å². The summed E-state index contributed by atoms with van der Waals surface area (Å²) in [6, 6.07) is 8.18. The van der Waals surface area contributed by atoms with Crippen LogP contribution in [0.1, 0.15) is 49.0 Å². The zero-order valence-corrected chi connectivity index (χ0v) is 14.2. The van der Waals surface area contributed by atoms with Crippen LogP contribution in [0.15, 0.2) is 28.8 Å². The highest BCUT2D eigenvalue weighted by atomic mass is 16.5. The zero-order chi connectivity index (χ0) is 16.9. The van der Waals surface area contributed by atoms with E-state index in [1.54, 1.807) is 14.0 Å². The molecular formula is C18H23N3O3. The van der Waals surface area contributed by atoms with Gasteiger partial charge in [0, 0.05) is 19.4 Å². The Bertz CT molecular complexity index is 681. The first-order chi connectivity index (χ1) is 11.7. The number of aromatic nitrogens is 2. The molecule has 1 aromatic carbocycles. The number of likely N-dealkylation sites (tertiary alicyclic amines) is 1. The van der Waals surface area contributed by atoms with Crippen molar-refractivity contribution in [2.45, 2.75) is 45.1 Å². The number of amides is 1. The molecule has 1 atom stereocenters. The van der Waals surface area contributed by atoms with Crippen LogP contribution in [-0.4, -0.2) is 34.6 Å². The molecule has 0 N–H and O–H groups in total. The van der Waals surface area contributed by atoms with Gasteiger partial charge in [-0.2, -0.15) is 4.98 Å². The van der Waals surface area contributed by atoms with E-state index in [1.807, 2.05) is 17.0 Å². The molecule has 2 aromatic rings. The van der Waals surface area contributed by atoms with Crippen LogP contribution in [0.2, 0.25) is 0 Å². The number of methoxy groups -OCH3 is 1. The fourth-order valence-corrected chi connectivity index (χ4v) is 3.21. The quantitative estimate of drug-likeness (QED) is 0.814. The average molecular weight is 329 g/mol. The minimum absolute atomic E-state index is 0.175. The highest BCUT2D eigenvalue weighted by Crippen LogP contribution is 2.33. The number of benzene rings is 1. The smallest absolute Gasteiger partial charge is 0.226 e.